The Morgan fingerprint density at radius 1 is 0.868 bits per heavy atom. The predicted molar refractivity (Wildman–Crippen MR) is 135 cm³/mol. The summed E-state index contributed by atoms with van der Waals surface area (Å²) in [5, 5.41) is 4.90. The summed E-state index contributed by atoms with van der Waals surface area (Å²) in [6.45, 7) is 3.35. The van der Waals surface area contributed by atoms with E-state index >= 15 is 0 Å². The largest absolute Gasteiger partial charge is 0.484 e. The summed E-state index contributed by atoms with van der Waals surface area (Å²) in [6, 6.07) is 13.9. The molecule has 3 aromatic rings. The molecule has 8 nitrogen and oxygen atoms in total. The number of benzene rings is 2. The average molecular weight is 530 g/mol. The van der Waals surface area contributed by atoms with Crippen LogP contribution in [-0.2, 0) is 9.53 Å². The lowest BCUT2D eigenvalue weighted by Crippen LogP contribution is -2.28. The molecule has 11 heteroatoms. The van der Waals surface area contributed by atoms with Crippen LogP contribution in [0.4, 0.5) is 29.3 Å². The number of amides is 2. The van der Waals surface area contributed by atoms with E-state index in [0.29, 0.717) is 5.56 Å². The van der Waals surface area contributed by atoms with Gasteiger partial charge in [-0.2, -0.15) is 13.2 Å². The molecule has 0 atom stereocenters. The van der Waals surface area contributed by atoms with Crippen molar-refractivity contribution in [2.75, 3.05) is 17.2 Å². The second-order valence-electron chi connectivity index (χ2n) is 9.20. The van der Waals surface area contributed by atoms with Crippen molar-refractivity contribution in [3.8, 4) is 16.9 Å². The summed E-state index contributed by atoms with van der Waals surface area (Å²) in [7, 11) is 0. The highest BCUT2D eigenvalue weighted by molar-refractivity contribution is 6.12. The monoisotopic (exact) mass is 529 g/mol. The number of hydrogen-bond acceptors (Lipinski definition) is 6. The minimum absolute atomic E-state index is 0.0403. The first-order chi connectivity index (χ1) is 17.8. The standard InChI is InChI=1S/C27H26F3N3O5/c1-26(2,3)38-25(36)33-22-14-20(37-16-27(28,29)30)7-8-21(22)32-24(35)15-23(34)19-6-4-5-18(13-19)17-9-11-31-12-10-17/h4-14H,15-16H2,1-3H3,(H,32,35)(H,33,36). The average Bonchev–Trinajstić information content (AvgIpc) is 2.83. The first-order valence-corrected chi connectivity index (χ1v) is 11.5. The lowest BCUT2D eigenvalue weighted by Gasteiger charge is -2.21. The van der Waals surface area contributed by atoms with Crippen LogP contribution in [0, 0.1) is 0 Å². The van der Waals surface area contributed by atoms with E-state index in [0.717, 1.165) is 17.2 Å². The third kappa shape index (κ3) is 8.91. The molecule has 0 aliphatic rings. The molecule has 3 rings (SSSR count). The fourth-order valence-electron chi connectivity index (χ4n) is 3.26. The molecule has 2 amide bonds. The number of nitrogens with zero attached hydrogens (tertiary/aromatic N) is 1. The Morgan fingerprint density at radius 3 is 2.24 bits per heavy atom. The molecule has 0 unspecified atom stereocenters. The lowest BCUT2D eigenvalue weighted by atomic mass is 10.0. The zero-order valence-electron chi connectivity index (χ0n) is 20.9. The number of ketones is 1. The van der Waals surface area contributed by atoms with Crippen LogP contribution in [0.15, 0.2) is 67.0 Å². The summed E-state index contributed by atoms with van der Waals surface area (Å²) in [6.07, 6.45) is -2.73. The predicted octanol–water partition coefficient (Wildman–Crippen LogP) is 6.25. The number of carbonyl (C=O) groups is 3. The second kappa shape index (κ2) is 11.8. The molecule has 0 spiro atoms. The molecule has 0 aliphatic heterocycles. The number of carbonyl (C=O) groups excluding carboxylic acids is 3. The van der Waals surface area contributed by atoms with E-state index in [9.17, 15) is 27.6 Å². The normalized spacial score (nSPS) is 11.4. The number of halogens is 3. The Morgan fingerprint density at radius 2 is 1.58 bits per heavy atom. The highest BCUT2D eigenvalue weighted by Gasteiger charge is 2.28. The van der Waals surface area contributed by atoms with Gasteiger partial charge in [0.15, 0.2) is 12.4 Å². The van der Waals surface area contributed by atoms with Gasteiger partial charge in [0.2, 0.25) is 5.91 Å². The number of Topliss-reactive ketones (excluding diaryl/α,β-unsaturated/α-hetero) is 1. The molecule has 0 radical (unpaired) electrons. The van der Waals surface area contributed by atoms with Gasteiger partial charge in [-0.1, -0.05) is 18.2 Å². The van der Waals surface area contributed by atoms with Crippen molar-refractivity contribution in [3.63, 3.8) is 0 Å². The van der Waals surface area contributed by atoms with E-state index in [4.69, 9.17) is 9.47 Å². The van der Waals surface area contributed by atoms with Crippen molar-refractivity contribution < 1.29 is 37.0 Å². The Hall–Kier alpha value is -4.41. The van der Waals surface area contributed by atoms with Crippen LogP contribution in [0.2, 0.25) is 0 Å². The number of ether oxygens (including phenoxy) is 2. The summed E-state index contributed by atoms with van der Waals surface area (Å²) in [5.74, 6) is -1.35. The molecule has 1 heterocycles. The molecule has 2 aromatic carbocycles. The van der Waals surface area contributed by atoms with Gasteiger partial charge in [0.05, 0.1) is 17.8 Å². The van der Waals surface area contributed by atoms with E-state index in [2.05, 4.69) is 15.6 Å². The Balaban J connectivity index is 1.75. The minimum atomic E-state index is -4.57. The Bertz CT molecular complexity index is 1310. The Labute approximate surface area is 217 Å². The van der Waals surface area contributed by atoms with Crippen molar-refractivity contribution in [1.29, 1.82) is 0 Å². The topological polar surface area (TPSA) is 107 Å². The molecular formula is C27H26F3N3O5. The molecule has 38 heavy (non-hydrogen) atoms. The van der Waals surface area contributed by atoms with Crippen LogP contribution < -0.4 is 15.4 Å². The van der Waals surface area contributed by atoms with Crippen LogP contribution in [-0.4, -0.2) is 41.2 Å². The molecule has 0 aliphatic carbocycles. The highest BCUT2D eigenvalue weighted by Crippen LogP contribution is 2.29. The highest BCUT2D eigenvalue weighted by atomic mass is 19.4. The van der Waals surface area contributed by atoms with Crippen LogP contribution >= 0.6 is 0 Å². The fourth-order valence-corrected chi connectivity index (χ4v) is 3.26. The summed E-state index contributed by atoms with van der Waals surface area (Å²) in [5.41, 5.74) is 1.06. The third-order valence-corrected chi connectivity index (χ3v) is 4.82. The lowest BCUT2D eigenvalue weighted by molar-refractivity contribution is -0.153. The maximum atomic E-state index is 12.8. The van der Waals surface area contributed by atoms with Gasteiger partial charge in [0, 0.05) is 24.0 Å². The van der Waals surface area contributed by atoms with E-state index in [-0.39, 0.29) is 17.1 Å². The van der Waals surface area contributed by atoms with Crippen molar-refractivity contribution in [2.45, 2.75) is 39.0 Å². The maximum absolute atomic E-state index is 12.8. The summed E-state index contributed by atoms with van der Waals surface area (Å²) < 4.78 is 47.6. The first-order valence-electron chi connectivity index (χ1n) is 11.5. The summed E-state index contributed by atoms with van der Waals surface area (Å²) in [4.78, 5) is 41.7. The molecule has 0 saturated carbocycles. The molecule has 0 fully saturated rings. The summed E-state index contributed by atoms with van der Waals surface area (Å²) >= 11 is 0. The van der Waals surface area contributed by atoms with E-state index < -0.39 is 42.6 Å². The molecule has 200 valence electrons. The van der Waals surface area contributed by atoms with Crippen molar-refractivity contribution in [1.82, 2.24) is 4.98 Å². The molecule has 1 aromatic heterocycles. The number of hydrogen-bond donors (Lipinski definition) is 2. The van der Waals surface area contributed by atoms with Gasteiger partial charge in [-0.05, 0) is 62.2 Å². The molecular weight excluding hydrogens is 503 g/mol. The van der Waals surface area contributed by atoms with Crippen LogP contribution in [0.3, 0.4) is 0 Å². The molecule has 0 bridgehead atoms. The van der Waals surface area contributed by atoms with Crippen LogP contribution in [0.5, 0.6) is 5.75 Å². The molecule has 0 saturated heterocycles. The van der Waals surface area contributed by atoms with Crippen LogP contribution in [0.25, 0.3) is 11.1 Å². The van der Waals surface area contributed by atoms with Crippen molar-refractivity contribution in [2.24, 2.45) is 0 Å². The van der Waals surface area contributed by atoms with Gasteiger partial charge < -0.3 is 14.8 Å². The SMILES string of the molecule is CC(C)(C)OC(=O)Nc1cc(OCC(F)(F)F)ccc1NC(=O)CC(=O)c1cccc(-c2ccncc2)c1. The second-order valence-corrected chi connectivity index (χ2v) is 9.20. The van der Waals surface area contributed by atoms with Gasteiger partial charge in [-0.25, -0.2) is 4.79 Å². The zero-order valence-corrected chi connectivity index (χ0v) is 20.9. The number of anilines is 2. The van der Waals surface area contributed by atoms with Crippen molar-refractivity contribution in [3.05, 3.63) is 72.6 Å². The smallest absolute Gasteiger partial charge is 0.422 e. The number of rotatable bonds is 8. The van der Waals surface area contributed by atoms with Gasteiger partial charge in [0.1, 0.15) is 11.4 Å². The maximum Gasteiger partial charge on any atom is 0.422 e. The third-order valence-electron chi connectivity index (χ3n) is 4.82. The van der Waals surface area contributed by atoms with Gasteiger partial charge >= 0.3 is 12.3 Å². The van der Waals surface area contributed by atoms with E-state index in [1.54, 1.807) is 63.5 Å². The quantitative estimate of drug-likeness (QED) is 0.264. The van der Waals surface area contributed by atoms with Crippen LogP contribution in [0.1, 0.15) is 37.6 Å². The molecule has 2 N–H and O–H groups in total. The van der Waals surface area contributed by atoms with Crippen molar-refractivity contribution >= 4 is 29.2 Å². The fraction of sp³-hybridized carbons (Fsp3) is 0.259. The van der Waals surface area contributed by atoms with Gasteiger partial charge in [0.25, 0.3) is 0 Å². The minimum Gasteiger partial charge on any atom is -0.484 e. The number of pyridine rings is 1. The van der Waals surface area contributed by atoms with Gasteiger partial charge in [-0.15, -0.1) is 0 Å². The number of aromatic nitrogens is 1. The first kappa shape index (κ1) is 28.2. The van der Waals surface area contributed by atoms with E-state index in [1.165, 1.54) is 12.1 Å². The number of alkyl halides is 3. The zero-order chi connectivity index (χ0) is 27.9. The van der Waals surface area contributed by atoms with Gasteiger partial charge in [-0.3, -0.25) is 19.9 Å². The number of nitrogens with one attached hydrogen (secondary N) is 2. The van der Waals surface area contributed by atoms with E-state index in [1.807, 2.05) is 6.07 Å². The Kier molecular flexibility index (Phi) is 8.72.